The fraction of sp³-hybridized carbons (Fsp3) is 0.150. The molecule has 0 unspecified atom stereocenters. The number of carbonyl (C=O) groups excluding carboxylic acids is 1. The normalized spacial score (nSPS) is 14.9. The molecule has 2 aromatic rings. The Morgan fingerprint density at radius 3 is 2.48 bits per heavy atom. The fourth-order valence-corrected chi connectivity index (χ4v) is 3.44. The number of nitrogens with zero attached hydrogens (tertiary/aromatic N) is 2. The smallest absolute Gasteiger partial charge is 0.337 e. The van der Waals surface area contributed by atoms with Crippen LogP contribution >= 0.6 is 27.5 Å². The largest absolute Gasteiger partial charge is 0.493 e. The molecule has 0 spiro atoms. The quantitative estimate of drug-likeness (QED) is 0.632. The van der Waals surface area contributed by atoms with E-state index in [1.54, 1.807) is 31.2 Å². The van der Waals surface area contributed by atoms with Crippen LogP contribution in [0.4, 0.5) is 5.69 Å². The van der Waals surface area contributed by atoms with E-state index in [2.05, 4.69) is 21.0 Å². The molecule has 1 aliphatic heterocycles. The first kappa shape index (κ1) is 20.9. The molecule has 1 heterocycles. The average Bonchev–Trinajstić information content (AvgIpc) is 2.97. The summed E-state index contributed by atoms with van der Waals surface area (Å²) in [5.41, 5.74) is 1.76. The summed E-state index contributed by atoms with van der Waals surface area (Å²) in [4.78, 5) is 24.3. The summed E-state index contributed by atoms with van der Waals surface area (Å²) in [5.74, 6) is -0.506. The van der Waals surface area contributed by atoms with Crippen LogP contribution in [-0.2, 0) is 4.79 Å². The Balaban J connectivity index is 2.01. The predicted molar refractivity (Wildman–Crippen MR) is 114 cm³/mol. The van der Waals surface area contributed by atoms with Crippen LogP contribution in [0.15, 0.2) is 45.5 Å². The van der Waals surface area contributed by atoms with Crippen molar-refractivity contribution in [1.82, 2.24) is 0 Å². The third-order valence-electron chi connectivity index (χ3n) is 4.29. The Morgan fingerprint density at radius 2 is 1.86 bits per heavy atom. The van der Waals surface area contributed by atoms with E-state index in [1.165, 1.54) is 26.4 Å². The van der Waals surface area contributed by atoms with Gasteiger partial charge in [0.1, 0.15) is 0 Å². The molecule has 7 nitrogen and oxygen atoms in total. The van der Waals surface area contributed by atoms with Crippen LogP contribution in [0.1, 0.15) is 22.8 Å². The van der Waals surface area contributed by atoms with Crippen molar-refractivity contribution in [2.24, 2.45) is 5.10 Å². The van der Waals surface area contributed by atoms with Gasteiger partial charge in [0.25, 0.3) is 5.91 Å². The van der Waals surface area contributed by atoms with Gasteiger partial charge in [-0.25, -0.2) is 4.79 Å². The van der Waals surface area contributed by atoms with Crippen molar-refractivity contribution in [2.45, 2.75) is 6.92 Å². The van der Waals surface area contributed by atoms with Gasteiger partial charge in [-0.3, -0.25) is 4.79 Å². The van der Waals surface area contributed by atoms with E-state index >= 15 is 0 Å². The molecular formula is C20H16BrClN2O5. The Hall–Kier alpha value is -2.84. The number of hydrogen-bond donors (Lipinski definition) is 1. The summed E-state index contributed by atoms with van der Waals surface area (Å²) in [6.45, 7) is 1.70. The van der Waals surface area contributed by atoms with Crippen molar-refractivity contribution >= 4 is 56.9 Å². The van der Waals surface area contributed by atoms with Crippen LogP contribution in [0.3, 0.4) is 0 Å². The summed E-state index contributed by atoms with van der Waals surface area (Å²) < 4.78 is 11.3. The monoisotopic (exact) mass is 478 g/mol. The number of rotatable bonds is 5. The van der Waals surface area contributed by atoms with E-state index < -0.39 is 5.97 Å². The molecule has 0 bridgehead atoms. The van der Waals surface area contributed by atoms with E-state index in [4.69, 9.17) is 21.1 Å². The standard InChI is InChI=1S/C20H16BrClN2O5/c1-10-13(6-11-7-17(28-2)18(29-3)9-15(11)21)19(25)24(23-10)12-4-5-16(22)14(8-12)20(26)27/h4-9H,1-3H3,(H,26,27)/b13-6-. The highest BCUT2D eigenvalue weighted by molar-refractivity contribution is 9.10. The topological polar surface area (TPSA) is 88.4 Å². The van der Waals surface area contributed by atoms with E-state index in [0.29, 0.717) is 38.5 Å². The SMILES string of the molecule is COc1cc(Br)c(/C=C2\C(=O)N(c3ccc(Cl)c(C(=O)O)c3)N=C2C)cc1OC. The second kappa shape index (κ2) is 8.26. The number of benzene rings is 2. The number of halogens is 2. The molecule has 0 aliphatic carbocycles. The summed E-state index contributed by atoms with van der Waals surface area (Å²) in [6.07, 6.45) is 1.68. The first-order valence-corrected chi connectivity index (χ1v) is 9.50. The summed E-state index contributed by atoms with van der Waals surface area (Å²) in [5, 5.41) is 14.8. The molecule has 29 heavy (non-hydrogen) atoms. The van der Waals surface area contributed by atoms with Gasteiger partial charge in [0, 0.05) is 4.47 Å². The van der Waals surface area contributed by atoms with E-state index in [1.807, 2.05) is 0 Å². The van der Waals surface area contributed by atoms with Crippen LogP contribution in [0.25, 0.3) is 6.08 Å². The van der Waals surface area contributed by atoms with Gasteiger partial charge in [0.05, 0.1) is 41.8 Å². The number of methoxy groups -OCH3 is 2. The van der Waals surface area contributed by atoms with Crippen molar-refractivity contribution in [3.63, 3.8) is 0 Å². The third kappa shape index (κ3) is 3.99. The minimum atomic E-state index is -1.19. The lowest BCUT2D eigenvalue weighted by molar-refractivity contribution is -0.114. The molecule has 0 atom stereocenters. The second-order valence-corrected chi connectivity index (χ2v) is 7.32. The first-order chi connectivity index (χ1) is 13.8. The van der Waals surface area contributed by atoms with E-state index in [0.717, 1.165) is 5.01 Å². The van der Waals surface area contributed by atoms with Crippen LogP contribution in [-0.4, -0.2) is 36.9 Å². The molecule has 0 radical (unpaired) electrons. The minimum absolute atomic E-state index is 0.0821. The summed E-state index contributed by atoms with van der Waals surface area (Å²) >= 11 is 9.38. The molecular weight excluding hydrogens is 464 g/mol. The lowest BCUT2D eigenvalue weighted by Gasteiger charge is -2.13. The molecule has 3 rings (SSSR count). The zero-order chi connectivity index (χ0) is 21.3. The lowest BCUT2D eigenvalue weighted by Crippen LogP contribution is -2.21. The van der Waals surface area contributed by atoms with Gasteiger partial charge in [-0.15, -0.1) is 0 Å². The van der Waals surface area contributed by atoms with Crippen LogP contribution < -0.4 is 14.5 Å². The van der Waals surface area contributed by atoms with Crippen LogP contribution in [0.5, 0.6) is 11.5 Å². The number of amides is 1. The maximum atomic E-state index is 13.0. The molecule has 0 saturated carbocycles. The highest BCUT2D eigenvalue weighted by Gasteiger charge is 2.30. The predicted octanol–water partition coefficient (Wildman–Crippen LogP) is 4.62. The van der Waals surface area contributed by atoms with Gasteiger partial charge in [0.2, 0.25) is 0 Å². The van der Waals surface area contributed by atoms with E-state index in [9.17, 15) is 14.7 Å². The Labute approximate surface area is 180 Å². The molecule has 0 saturated heterocycles. The number of carboxylic acid groups (broad SMARTS) is 1. The zero-order valence-corrected chi connectivity index (χ0v) is 18.0. The van der Waals surface area contributed by atoms with E-state index in [-0.39, 0.29) is 16.5 Å². The molecule has 2 aromatic carbocycles. The highest BCUT2D eigenvalue weighted by atomic mass is 79.9. The number of hydrazone groups is 1. The molecule has 0 aromatic heterocycles. The van der Waals surface area contributed by atoms with Gasteiger partial charge >= 0.3 is 5.97 Å². The maximum Gasteiger partial charge on any atom is 0.337 e. The number of carboxylic acids is 1. The number of aromatic carboxylic acids is 1. The lowest BCUT2D eigenvalue weighted by atomic mass is 10.1. The Bertz CT molecular complexity index is 1080. The van der Waals surface area contributed by atoms with Crippen molar-refractivity contribution in [3.8, 4) is 11.5 Å². The molecule has 1 amide bonds. The molecule has 0 fully saturated rings. The van der Waals surface area contributed by atoms with Crippen molar-refractivity contribution in [3.05, 3.63) is 56.5 Å². The molecule has 1 N–H and O–H groups in total. The van der Waals surface area contributed by atoms with Gasteiger partial charge in [0.15, 0.2) is 11.5 Å². The maximum absolute atomic E-state index is 13.0. The number of hydrogen-bond acceptors (Lipinski definition) is 5. The van der Waals surface area contributed by atoms with Crippen LogP contribution in [0, 0.1) is 0 Å². The van der Waals surface area contributed by atoms with Crippen molar-refractivity contribution < 1.29 is 24.2 Å². The van der Waals surface area contributed by atoms with Gasteiger partial charge in [-0.05, 0) is 48.9 Å². The van der Waals surface area contributed by atoms with Gasteiger partial charge in [-0.1, -0.05) is 27.5 Å². The summed E-state index contributed by atoms with van der Waals surface area (Å²) in [7, 11) is 3.06. The zero-order valence-electron chi connectivity index (χ0n) is 15.7. The van der Waals surface area contributed by atoms with Gasteiger partial charge < -0.3 is 14.6 Å². The number of carbonyl (C=O) groups is 2. The van der Waals surface area contributed by atoms with Crippen molar-refractivity contribution in [1.29, 1.82) is 0 Å². The van der Waals surface area contributed by atoms with Gasteiger partial charge in [-0.2, -0.15) is 10.1 Å². The molecule has 1 aliphatic rings. The van der Waals surface area contributed by atoms with Crippen molar-refractivity contribution in [2.75, 3.05) is 19.2 Å². The minimum Gasteiger partial charge on any atom is -0.493 e. The summed E-state index contributed by atoms with van der Waals surface area (Å²) in [6, 6.07) is 7.76. The number of ether oxygens (including phenoxy) is 2. The van der Waals surface area contributed by atoms with Crippen LogP contribution in [0.2, 0.25) is 5.02 Å². The number of anilines is 1. The first-order valence-electron chi connectivity index (χ1n) is 8.33. The second-order valence-electron chi connectivity index (χ2n) is 6.06. The third-order valence-corrected chi connectivity index (χ3v) is 5.31. The average molecular weight is 480 g/mol. The fourth-order valence-electron chi connectivity index (χ4n) is 2.80. The molecule has 9 heteroatoms. The molecule has 150 valence electrons. The Kier molecular flexibility index (Phi) is 5.95. The highest BCUT2D eigenvalue weighted by Crippen LogP contribution is 2.35. The Morgan fingerprint density at radius 1 is 1.21 bits per heavy atom.